The first kappa shape index (κ1) is 16.6. The topological polar surface area (TPSA) is 33.5 Å². The van der Waals surface area contributed by atoms with Gasteiger partial charge in [0.25, 0.3) is 0 Å². The van der Waals surface area contributed by atoms with E-state index in [9.17, 15) is 0 Å². The standard InChI is InChI=1S/C19H32N4O/c1-15(2)23-18(14-22-8-3-7-20-22)12-16-13-21(9-4-19(16)23)17-5-10-24-11-6-17/h3,7-8,15-19H,4-6,9-14H2,1-2H3/t16-,18+,19+/m1/s1. The quantitative estimate of drug-likeness (QED) is 0.847. The zero-order valence-corrected chi connectivity index (χ0v) is 15.2. The lowest BCUT2D eigenvalue weighted by Gasteiger charge is -2.44. The van der Waals surface area contributed by atoms with Crippen molar-refractivity contribution >= 4 is 0 Å². The van der Waals surface area contributed by atoms with E-state index in [4.69, 9.17) is 4.74 Å². The van der Waals surface area contributed by atoms with Crippen molar-refractivity contribution < 1.29 is 4.74 Å². The fourth-order valence-electron chi connectivity index (χ4n) is 5.39. The van der Waals surface area contributed by atoms with E-state index in [1.807, 2.05) is 12.3 Å². The van der Waals surface area contributed by atoms with Gasteiger partial charge in [-0.05, 0) is 58.1 Å². The van der Waals surface area contributed by atoms with Crippen LogP contribution in [0.1, 0.15) is 39.5 Å². The summed E-state index contributed by atoms with van der Waals surface area (Å²) in [6, 6.07) is 4.82. The molecule has 0 aliphatic carbocycles. The van der Waals surface area contributed by atoms with Crippen LogP contribution in [0.15, 0.2) is 18.5 Å². The van der Waals surface area contributed by atoms with Gasteiger partial charge in [0.05, 0.1) is 6.54 Å². The van der Waals surface area contributed by atoms with Crippen molar-refractivity contribution in [1.82, 2.24) is 19.6 Å². The van der Waals surface area contributed by atoms with Crippen LogP contribution in [-0.2, 0) is 11.3 Å². The summed E-state index contributed by atoms with van der Waals surface area (Å²) in [7, 11) is 0. The van der Waals surface area contributed by atoms with Crippen LogP contribution in [-0.4, -0.2) is 70.1 Å². The molecule has 3 atom stereocenters. The highest BCUT2D eigenvalue weighted by Gasteiger charge is 2.45. The van der Waals surface area contributed by atoms with Gasteiger partial charge in [-0.3, -0.25) is 14.5 Å². The van der Waals surface area contributed by atoms with Crippen molar-refractivity contribution in [1.29, 1.82) is 0 Å². The third-order valence-electron chi connectivity index (χ3n) is 6.37. The van der Waals surface area contributed by atoms with Crippen LogP contribution in [0.3, 0.4) is 0 Å². The molecule has 3 aliphatic rings. The lowest BCUT2D eigenvalue weighted by molar-refractivity contribution is 0.00356. The van der Waals surface area contributed by atoms with Gasteiger partial charge < -0.3 is 4.74 Å². The smallest absolute Gasteiger partial charge is 0.0565 e. The summed E-state index contributed by atoms with van der Waals surface area (Å²) in [5, 5.41) is 4.44. The summed E-state index contributed by atoms with van der Waals surface area (Å²) in [5.41, 5.74) is 0. The van der Waals surface area contributed by atoms with Crippen LogP contribution >= 0.6 is 0 Å². The SMILES string of the molecule is CC(C)N1[C@H](Cn2cccn2)C[C@@H]2CN(C3CCOCC3)CC[C@@H]21. The molecule has 1 aromatic rings. The van der Waals surface area contributed by atoms with Crippen LogP contribution < -0.4 is 0 Å². The van der Waals surface area contributed by atoms with E-state index in [1.165, 1.54) is 38.8 Å². The Balaban J connectivity index is 1.44. The molecule has 0 spiro atoms. The molecular weight excluding hydrogens is 300 g/mol. The molecule has 3 aliphatic heterocycles. The third kappa shape index (κ3) is 3.26. The van der Waals surface area contributed by atoms with Crippen molar-refractivity contribution in [3.8, 4) is 0 Å². The van der Waals surface area contributed by atoms with Crippen molar-refractivity contribution in [3.63, 3.8) is 0 Å². The molecular formula is C19H32N4O. The van der Waals surface area contributed by atoms with E-state index in [2.05, 4.69) is 39.6 Å². The van der Waals surface area contributed by atoms with Gasteiger partial charge in [0.2, 0.25) is 0 Å². The molecule has 3 saturated heterocycles. The molecule has 0 unspecified atom stereocenters. The summed E-state index contributed by atoms with van der Waals surface area (Å²) in [4.78, 5) is 5.58. The fourth-order valence-corrected chi connectivity index (χ4v) is 5.39. The highest BCUT2D eigenvalue weighted by Crippen LogP contribution is 2.38. The number of ether oxygens (including phenoxy) is 1. The first-order chi connectivity index (χ1) is 11.7. The molecule has 4 rings (SSSR count). The molecule has 0 radical (unpaired) electrons. The minimum atomic E-state index is 0.621. The molecule has 0 aromatic carbocycles. The number of fused-ring (bicyclic) bond motifs is 1. The Kier molecular flexibility index (Phi) is 4.93. The second kappa shape index (κ2) is 7.14. The van der Waals surface area contributed by atoms with Gasteiger partial charge in [-0.2, -0.15) is 5.10 Å². The Morgan fingerprint density at radius 3 is 2.75 bits per heavy atom. The van der Waals surface area contributed by atoms with Gasteiger partial charge in [0, 0.05) is 56.3 Å². The van der Waals surface area contributed by atoms with Crippen LogP contribution in [0.2, 0.25) is 0 Å². The van der Waals surface area contributed by atoms with Crippen molar-refractivity contribution in [2.75, 3.05) is 26.3 Å². The van der Waals surface area contributed by atoms with Crippen LogP contribution in [0.25, 0.3) is 0 Å². The van der Waals surface area contributed by atoms with E-state index >= 15 is 0 Å². The fraction of sp³-hybridized carbons (Fsp3) is 0.842. The lowest BCUT2D eigenvalue weighted by Crippen LogP contribution is -2.52. The molecule has 3 fully saturated rings. The van der Waals surface area contributed by atoms with E-state index in [1.54, 1.807) is 0 Å². The monoisotopic (exact) mass is 332 g/mol. The minimum absolute atomic E-state index is 0.621. The first-order valence-electron chi connectivity index (χ1n) is 9.79. The molecule has 5 heteroatoms. The summed E-state index contributed by atoms with van der Waals surface area (Å²) in [6.07, 6.45) is 9.10. The number of hydrogen-bond donors (Lipinski definition) is 0. The second-order valence-electron chi connectivity index (χ2n) is 8.11. The van der Waals surface area contributed by atoms with Crippen LogP contribution in [0, 0.1) is 5.92 Å². The van der Waals surface area contributed by atoms with Crippen molar-refractivity contribution in [2.45, 2.75) is 70.2 Å². The molecule has 5 nitrogen and oxygen atoms in total. The maximum atomic E-state index is 5.56. The van der Waals surface area contributed by atoms with Crippen molar-refractivity contribution in [2.24, 2.45) is 5.92 Å². The zero-order valence-electron chi connectivity index (χ0n) is 15.2. The van der Waals surface area contributed by atoms with Gasteiger partial charge in [0.1, 0.15) is 0 Å². The highest BCUT2D eigenvalue weighted by molar-refractivity contribution is 5.00. The van der Waals surface area contributed by atoms with Gasteiger partial charge in [-0.15, -0.1) is 0 Å². The number of nitrogens with zero attached hydrogens (tertiary/aromatic N) is 4. The summed E-state index contributed by atoms with van der Waals surface area (Å²) in [6.45, 7) is 10.2. The predicted octanol–water partition coefficient (Wildman–Crippen LogP) is 2.24. The Morgan fingerprint density at radius 2 is 2.04 bits per heavy atom. The predicted molar refractivity (Wildman–Crippen MR) is 94.9 cm³/mol. The molecule has 0 bridgehead atoms. The van der Waals surface area contributed by atoms with E-state index in [0.29, 0.717) is 12.1 Å². The molecule has 0 saturated carbocycles. The number of hydrogen-bond acceptors (Lipinski definition) is 4. The van der Waals surface area contributed by atoms with Crippen molar-refractivity contribution in [3.05, 3.63) is 18.5 Å². The third-order valence-corrected chi connectivity index (χ3v) is 6.37. The Hall–Kier alpha value is -0.910. The van der Waals surface area contributed by atoms with Gasteiger partial charge in [-0.25, -0.2) is 0 Å². The molecule has 0 N–H and O–H groups in total. The maximum absolute atomic E-state index is 5.56. The highest BCUT2D eigenvalue weighted by atomic mass is 16.5. The summed E-state index contributed by atoms with van der Waals surface area (Å²) in [5.74, 6) is 0.824. The number of likely N-dealkylation sites (tertiary alicyclic amines) is 2. The maximum Gasteiger partial charge on any atom is 0.0565 e. The summed E-state index contributed by atoms with van der Waals surface area (Å²) >= 11 is 0. The lowest BCUT2D eigenvalue weighted by atomic mass is 9.90. The van der Waals surface area contributed by atoms with Gasteiger partial charge >= 0.3 is 0 Å². The Labute approximate surface area is 145 Å². The largest absolute Gasteiger partial charge is 0.381 e. The average molecular weight is 332 g/mol. The number of rotatable bonds is 4. The number of aromatic nitrogens is 2. The summed E-state index contributed by atoms with van der Waals surface area (Å²) < 4.78 is 7.68. The van der Waals surface area contributed by atoms with Gasteiger partial charge in [0.15, 0.2) is 0 Å². The molecule has 1 aromatic heterocycles. The van der Waals surface area contributed by atoms with E-state index < -0.39 is 0 Å². The van der Waals surface area contributed by atoms with Crippen LogP contribution in [0.4, 0.5) is 0 Å². The molecule has 0 amide bonds. The van der Waals surface area contributed by atoms with E-state index in [0.717, 1.165) is 37.8 Å². The average Bonchev–Trinajstić information content (AvgIpc) is 3.22. The second-order valence-corrected chi connectivity index (χ2v) is 8.11. The minimum Gasteiger partial charge on any atom is -0.381 e. The first-order valence-corrected chi connectivity index (χ1v) is 9.79. The molecule has 134 valence electrons. The molecule has 4 heterocycles. The van der Waals surface area contributed by atoms with Gasteiger partial charge in [-0.1, -0.05) is 0 Å². The zero-order chi connectivity index (χ0) is 16.5. The van der Waals surface area contributed by atoms with E-state index in [-0.39, 0.29) is 0 Å². The Morgan fingerprint density at radius 1 is 1.21 bits per heavy atom. The normalized spacial score (nSPS) is 33.2. The number of piperidine rings is 1. The molecule has 24 heavy (non-hydrogen) atoms. The Bertz CT molecular complexity index is 511. The van der Waals surface area contributed by atoms with Crippen LogP contribution in [0.5, 0.6) is 0 Å².